The molecule has 1 aromatic carbocycles. The van der Waals surface area contributed by atoms with Crippen LogP contribution in [0.1, 0.15) is 11.4 Å². The lowest BCUT2D eigenvalue weighted by Crippen LogP contribution is -2.03. The highest BCUT2D eigenvalue weighted by molar-refractivity contribution is 9.10. The van der Waals surface area contributed by atoms with Gasteiger partial charge < -0.3 is 10.5 Å². The van der Waals surface area contributed by atoms with Crippen molar-refractivity contribution in [1.29, 1.82) is 0 Å². The maximum Gasteiger partial charge on any atom is 0.136 e. The molecular weight excluding hydrogens is 282 g/mol. The highest BCUT2D eigenvalue weighted by Crippen LogP contribution is 2.27. The second kappa shape index (κ2) is 4.79. The molecule has 0 unspecified atom stereocenters. The van der Waals surface area contributed by atoms with Crippen LogP contribution in [0.2, 0.25) is 0 Å². The molecule has 0 aliphatic rings. The molecule has 0 atom stereocenters. The Morgan fingerprint density at radius 1 is 1.41 bits per heavy atom. The molecule has 0 spiro atoms. The zero-order valence-electron chi connectivity index (χ0n) is 9.77. The summed E-state index contributed by atoms with van der Waals surface area (Å²) in [6, 6.07) is 7.50. The van der Waals surface area contributed by atoms with Gasteiger partial charge in [0.25, 0.3) is 0 Å². The smallest absolute Gasteiger partial charge is 0.136 e. The van der Waals surface area contributed by atoms with Crippen LogP contribution in [-0.2, 0) is 13.7 Å². The van der Waals surface area contributed by atoms with Crippen molar-refractivity contribution in [3.63, 3.8) is 0 Å². The van der Waals surface area contributed by atoms with Gasteiger partial charge in [0.2, 0.25) is 0 Å². The van der Waals surface area contributed by atoms with Gasteiger partial charge >= 0.3 is 0 Å². The van der Waals surface area contributed by atoms with E-state index in [1.165, 1.54) is 0 Å². The van der Waals surface area contributed by atoms with Crippen molar-refractivity contribution in [3.8, 4) is 5.75 Å². The molecule has 0 aliphatic heterocycles. The molecular formula is C12H14BrN3O. The first-order chi connectivity index (χ1) is 8.06. The Balaban J connectivity index is 2.12. The predicted octanol–water partition coefficient (Wildman–Crippen LogP) is 2.65. The average Bonchev–Trinajstić information content (AvgIpc) is 2.59. The van der Waals surface area contributed by atoms with E-state index in [2.05, 4.69) is 21.0 Å². The van der Waals surface area contributed by atoms with Crippen LogP contribution >= 0.6 is 15.9 Å². The number of nitrogens with two attached hydrogens (primary N) is 1. The standard InChI is InChI=1S/C12H14BrN3O/c1-8-5-10(16(2)15-8)7-17-12-6-9(14)3-4-11(12)13/h3-6H,7,14H2,1-2H3. The average molecular weight is 296 g/mol. The van der Waals surface area contributed by atoms with Gasteiger partial charge in [-0.25, -0.2) is 0 Å². The summed E-state index contributed by atoms with van der Waals surface area (Å²) < 4.78 is 8.42. The molecule has 1 aromatic heterocycles. The molecule has 0 saturated heterocycles. The fourth-order valence-electron chi connectivity index (χ4n) is 1.58. The Morgan fingerprint density at radius 3 is 2.82 bits per heavy atom. The number of benzene rings is 1. The molecule has 2 rings (SSSR count). The molecule has 0 aliphatic carbocycles. The highest BCUT2D eigenvalue weighted by Gasteiger charge is 2.05. The Bertz CT molecular complexity index is 537. The van der Waals surface area contributed by atoms with Crippen LogP contribution in [-0.4, -0.2) is 9.78 Å². The minimum atomic E-state index is 0.472. The molecule has 0 fully saturated rings. The first-order valence-corrected chi connectivity index (χ1v) is 6.03. The van der Waals surface area contributed by atoms with Gasteiger partial charge in [0.1, 0.15) is 12.4 Å². The SMILES string of the molecule is Cc1cc(COc2cc(N)ccc2Br)n(C)n1. The van der Waals surface area contributed by atoms with Gasteiger partial charge in [-0.15, -0.1) is 0 Å². The molecule has 0 saturated carbocycles. The van der Waals surface area contributed by atoms with E-state index in [1.54, 1.807) is 6.07 Å². The van der Waals surface area contributed by atoms with Crippen LogP contribution < -0.4 is 10.5 Å². The topological polar surface area (TPSA) is 53.1 Å². The molecule has 0 bridgehead atoms. The van der Waals surface area contributed by atoms with Crippen molar-refractivity contribution in [2.24, 2.45) is 7.05 Å². The third-order valence-electron chi connectivity index (χ3n) is 2.43. The summed E-state index contributed by atoms with van der Waals surface area (Å²) in [5, 5.41) is 4.26. The van der Waals surface area contributed by atoms with Crippen molar-refractivity contribution >= 4 is 21.6 Å². The maximum atomic E-state index is 5.71. The molecule has 17 heavy (non-hydrogen) atoms. The number of ether oxygens (including phenoxy) is 1. The number of aromatic nitrogens is 2. The van der Waals surface area contributed by atoms with Crippen molar-refractivity contribution < 1.29 is 4.74 Å². The van der Waals surface area contributed by atoms with Crippen LogP contribution in [0.5, 0.6) is 5.75 Å². The van der Waals surface area contributed by atoms with Crippen LogP contribution in [0.15, 0.2) is 28.7 Å². The number of halogens is 1. The van der Waals surface area contributed by atoms with E-state index < -0.39 is 0 Å². The molecule has 4 nitrogen and oxygen atoms in total. The number of nitrogens with zero attached hydrogens (tertiary/aromatic N) is 2. The van der Waals surface area contributed by atoms with Crippen molar-refractivity contribution in [1.82, 2.24) is 9.78 Å². The van der Waals surface area contributed by atoms with Gasteiger partial charge in [-0.1, -0.05) is 0 Å². The summed E-state index contributed by atoms with van der Waals surface area (Å²) in [5.74, 6) is 0.740. The number of rotatable bonds is 3. The molecule has 1 heterocycles. The number of hydrogen-bond acceptors (Lipinski definition) is 3. The number of nitrogen functional groups attached to an aromatic ring is 1. The van der Waals surface area contributed by atoms with Gasteiger partial charge in [-0.2, -0.15) is 5.10 Å². The third kappa shape index (κ3) is 2.79. The lowest BCUT2D eigenvalue weighted by atomic mass is 10.3. The fourth-order valence-corrected chi connectivity index (χ4v) is 1.94. The third-order valence-corrected chi connectivity index (χ3v) is 3.08. The Kier molecular flexibility index (Phi) is 3.38. The van der Waals surface area contributed by atoms with Crippen molar-refractivity contribution in [3.05, 3.63) is 40.1 Å². The molecule has 0 amide bonds. The van der Waals surface area contributed by atoms with Crippen molar-refractivity contribution in [2.45, 2.75) is 13.5 Å². The van der Waals surface area contributed by atoms with E-state index >= 15 is 0 Å². The molecule has 2 aromatic rings. The minimum Gasteiger partial charge on any atom is -0.486 e. The van der Waals surface area contributed by atoms with Gasteiger partial charge in [-0.05, 0) is 41.1 Å². The molecule has 5 heteroatoms. The minimum absolute atomic E-state index is 0.472. The number of aryl methyl sites for hydroxylation is 2. The van der Waals surface area contributed by atoms with E-state index in [1.807, 2.05) is 36.9 Å². The maximum absolute atomic E-state index is 5.71. The lowest BCUT2D eigenvalue weighted by Gasteiger charge is -2.08. The normalized spacial score (nSPS) is 10.5. The zero-order valence-corrected chi connectivity index (χ0v) is 11.4. The first kappa shape index (κ1) is 12.0. The Labute approximate surface area is 109 Å². The number of anilines is 1. The monoisotopic (exact) mass is 295 g/mol. The predicted molar refractivity (Wildman–Crippen MR) is 70.8 cm³/mol. The van der Waals surface area contributed by atoms with E-state index in [-0.39, 0.29) is 0 Å². The summed E-state index contributed by atoms with van der Waals surface area (Å²) in [5.41, 5.74) is 8.41. The lowest BCUT2D eigenvalue weighted by molar-refractivity contribution is 0.293. The van der Waals surface area contributed by atoms with Crippen LogP contribution in [0, 0.1) is 6.92 Å². The Morgan fingerprint density at radius 2 is 2.18 bits per heavy atom. The van der Waals surface area contributed by atoms with E-state index in [0.29, 0.717) is 12.3 Å². The second-order valence-electron chi connectivity index (χ2n) is 3.88. The quantitative estimate of drug-likeness (QED) is 0.886. The van der Waals surface area contributed by atoms with E-state index in [4.69, 9.17) is 10.5 Å². The van der Waals surface area contributed by atoms with E-state index in [9.17, 15) is 0 Å². The van der Waals surface area contributed by atoms with Gasteiger partial charge in [0.15, 0.2) is 0 Å². The van der Waals surface area contributed by atoms with Crippen LogP contribution in [0.25, 0.3) is 0 Å². The van der Waals surface area contributed by atoms with Gasteiger partial charge in [-0.3, -0.25) is 4.68 Å². The van der Waals surface area contributed by atoms with Crippen LogP contribution in [0.3, 0.4) is 0 Å². The summed E-state index contributed by atoms with van der Waals surface area (Å²) >= 11 is 3.42. The number of hydrogen-bond donors (Lipinski definition) is 1. The molecule has 90 valence electrons. The summed E-state index contributed by atoms with van der Waals surface area (Å²) in [7, 11) is 1.90. The summed E-state index contributed by atoms with van der Waals surface area (Å²) in [6.07, 6.45) is 0. The van der Waals surface area contributed by atoms with Gasteiger partial charge in [0, 0.05) is 18.8 Å². The Hall–Kier alpha value is -1.49. The second-order valence-corrected chi connectivity index (χ2v) is 4.73. The van der Waals surface area contributed by atoms with Crippen molar-refractivity contribution in [2.75, 3.05) is 5.73 Å². The van der Waals surface area contributed by atoms with E-state index in [0.717, 1.165) is 21.6 Å². The highest BCUT2D eigenvalue weighted by atomic mass is 79.9. The molecule has 2 N–H and O–H groups in total. The zero-order chi connectivity index (χ0) is 12.4. The fraction of sp³-hybridized carbons (Fsp3) is 0.250. The largest absolute Gasteiger partial charge is 0.486 e. The van der Waals surface area contributed by atoms with Gasteiger partial charge in [0.05, 0.1) is 15.9 Å². The summed E-state index contributed by atoms with van der Waals surface area (Å²) in [4.78, 5) is 0. The first-order valence-electron chi connectivity index (χ1n) is 5.23. The summed E-state index contributed by atoms with van der Waals surface area (Å²) in [6.45, 7) is 2.43. The van der Waals surface area contributed by atoms with Crippen LogP contribution in [0.4, 0.5) is 5.69 Å². The molecule has 0 radical (unpaired) electrons.